The monoisotopic (exact) mass is 305 g/mol. The van der Waals surface area contributed by atoms with E-state index in [4.69, 9.17) is 5.26 Å². The standard InChI is InChI=1S/C14H16BrN3/c15-11-5-10(8-16)6-14(7-11)18-4-3-12-1-2-13(9-18)17-12/h5-7,12-13,17H,1-4,9H2. The Morgan fingerprint density at radius 1 is 1.22 bits per heavy atom. The third-order valence-electron chi connectivity index (χ3n) is 3.90. The van der Waals surface area contributed by atoms with E-state index in [2.05, 4.69) is 38.3 Å². The molecule has 94 valence electrons. The highest BCUT2D eigenvalue weighted by molar-refractivity contribution is 9.10. The predicted molar refractivity (Wildman–Crippen MR) is 75.6 cm³/mol. The van der Waals surface area contributed by atoms with Crippen LogP contribution in [0.25, 0.3) is 0 Å². The van der Waals surface area contributed by atoms with E-state index in [0.29, 0.717) is 12.1 Å². The van der Waals surface area contributed by atoms with Crippen LogP contribution in [-0.2, 0) is 0 Å². The molecule has 2 unspecified atom stereocenters. The maximum Gasteiger partial charge on any atom is 0.0992 e. The molecule has 2 heterocycles. The quantitative estimate of drug-likeness (QED) is 0.867. The SMILES string of the molecule is N#Cc1cc(Br)cc(N2CCC3CCC(C2)N3)c1. The van der Waals surface area contributed by atoms with E-state index in [1.165, 1.54) is 19.3 Å². The fraction of sp³-hybridized carbons (Fsp3) is 0.500. The number of nitrogens with one attached hydrogen (secondary N) is 1. The van der Waals surface area contributed by atoms with Gasteiger partial charge in [-0.2, -0.15) is 5.26 Å². The van der Waals surface area contributed by atoms with Crippen LogP contribution >= 0.6 is 15.9 Å². The van der Waals surface area contributed by atoms with E-state index in [9.17, 15) is 0 Å². The first-order valence-corrected chi connectivity index (χ1v) is 7.25. The average molecular weight is 306 g/mol. The van der Waals surface area contributed by atoms with Crippen molar-refractivity contribution in [2.75, 3.05) is 18.0 Å². The number of halogens is 1. The maximum absolute atomic E-state index is 9.04. The fourth-order valence-corrected chi connectivity index (χ4v) is 3.48. The van der Waals surface area contributed by atoms with Gasteiger partial charge in [0.1, 0.15) is 0 Å². The molecular weight excluding hydrogens is 290 g/mol. The summed E-state index contributed by atoms with van der Waals surface area (Å²) in [7, 11) is 0. The molecule has 2 bridgehead atoms. The summed E-state index contributed by atoms with van der Waals surface area (Å²) in [6.07, 6.45) is 3.80. The summed E-state index contributed by atoms with van der Waals surface area (Å²) in [6.45, 7) is 2.13. The molecule has 1 aromatic carbocycles. The van der Waals surface area contributed by atoms with Crippen molar-refractivity contribution < 1.29 is 0 Å². The molecule has 3 rings (SSSR count). The van der Waals surface area contributed by atoms with Gasteiger partial charge in [0.15, 0.2) is 0 Å². The minimum atomic E-state index is 0.613. The fourth-order valence-electron chi connectivity index (χ4n) is 3.00. The summed E-state index contributed by atoms with van der Waals surface area (Å²) >= 11 is 3.49. The van der Waals surface area contributed by atoms with Crippen molar-refractivity contribution in [3.05, 3.63) is 28.2 Å². The second kappa shape index (κ2) is 4.91. The van der Waals surface area contributed by atoms with Gasteiger partial charge in [-0.1, -0.05) is 15.9 Å². The van der Waals surface area contributed by atoms with Crippen molar-refractivity contribution in [2.24, 2.45) is 0 Å². The van der Waals surface area contributed by atoms with Crippen LogP contribution in [0.4, 0.5) is 5.69 Å². The normalized spacial score (nSPS) is 26.8. The lowest BCUT2D eigenvalue weighted by molar-refractivity contribution is 0.563. The van der Waals surface area contributed by atoms with Gasteiger partial charge >= 0.3 is 0 Å². The molecule has 2 atom stereocenters. The molecule has 0 aromatic heterocycles. The number of fused-ring (bicyclic) bond motifs is 2. The summed E-state index contributed by atoms with van der Waals surface area (Å²) in [5, 5.41) is 12.7. The van der Waals surface area contributed by atoms with Crippen LogP contribution in [0.15, 0.2) is 22.7 Å². The molecule has 2 aliphatic heterocycles. The van der Waals surface area contributed by atoms with Crippen molar-refractivity contribution >= 4 is 21.6 Å². The number of rotatable bonds is 1. The zero-order valence-electron chi connectivity index (χ0n) is 10.2. The number of anilines is 1. The minimum Gasteiger partial charge on any atom is -0.370 e. The summed E-state index contributed by atoms with van der Waals surface area (Å²) in [4.78, 5) is 2.41. The lowest BCUT2D eigenvalue weighted by Crippen LogP contribution is -2.35. The first-order valence-electron chi connectivity index (χ1n) is 6.46. The second-order valence-corrected chi connectivity index (χ2v) is 6.10. The molecule has 2 saturated heterocycles. The largest absolute Gasteiger partial charge is 0.370 e. The van der Waals surface area contributed by atoms with Crippen LogP contribution in [0.1, 0.15) is 24.8 Å². The molecule has 1 aromatic rings. The van der Waals surface area contributed by atoms with Crippen molar-refractivity contribution in [3.8, 4) is 6.07 Å². The predicted octanol–water partition coefficient (Wildman–Crippen LogP) is 2.65. The van der Waals surface area contributed by atoms with Crippen LogP contribution in [-0.4, -0.2) is 25.2 Å². The Morgan fingerprint density at radius 3 is 2.89 bits per heavy atom. The minimum absolute atomic E-state index is 0.613. The van der Waals surface area contributed by atoms with Gasteiger partial charge < -0.3 is 10.2 Å². The third-order valence-corrected chi connectivity index (χ3v) is 4.36. The molecule has 3 nitrogen and oxygen atoms in total. The molecule has 0 radical (unpaired) electrons. The topological polar surface area (TPSA) is 39.1 Å². The van der Waals surface area contributed by atoms with Crippen LogP contribution in [0.5, 0.6) is 0 Å². The van der Waals surface area contributed by atoms with Crippen LogP contribution < -0.4 is 10.2 Å². The molecule has 0 saturated carbocycles. The lowest BCUT2D eigenvalue weighted by atomic mass is 10.1. The first kappa shape index (κ1) is 12.0. The van der Waals surface area contributed by atoms with E-state index < -0.39 is 0 Å². The molecule has 2 aliphatic rings. The van der Waals surface area contributed by atoms with Gasteiger partial charge in [0.05, 0.1) is 11.6 Å². The zero-order chi connectivity index (χ0) is 12.5. The van der Waals surface area contributed by atoms with Crippen LogP contribution in [0.2, 0.25) is 0 Å². The average Bonchev–Trinajstić information content (AvgIpc) is 2.68. The van der Waals surface area contributed by atoms with Crippen molar-refractivity contribution in [1.82, 2.24) is 5.32 Å². The van der Waals surface area contributed by atoms with Crippen molar-refractivity contribution in [3.63, 3.8) is 0 Å². The number of hydrogen-bond donors (Lipinski definition) is 1. The molecule has 4 heteroatoms. The first-order chi connectivity index (χ1) is 8.74. The van der Waals surface area contributed by atoms with E-state index in [1.807, 2.05) is 12.1 Å². The number of benzene rings is 1. The van der Waals surface area contributed by atoms with E-state index in [0.717, 1.165) is 28.8 Å². The van der Waals surface area contributed by atoms with E-state index >= 15 is 0 Å². The Hall–Kier alpha value is -1.05. The van der Waals surface area contributed by atoms with Crippen molar-refractivity contribution in [1.29, 1.82) is 5.26 Å². The molecule has 0 aliphatic carbocycles. The van der Waals surface area contributed by atoms with Gasteiger partial charge in [-0.15, -0.1) is 0 Å². The van der Waals surface area contributed by atoms with Crippen LogP contribution in [0, 0.1) is 11.3 Å². The molecular formula is C14H16BrN3. The Balaban J connectivity index is 1.86. The second-order valence-electron chi connectivity index (χ2n) is 5.18. The molecule has 2 fully saturated rings. The van der Waals surface area contributed by atoms with Gasteiger partial charge in [0, 0.05) is 35.3 Å². The Kier molecular flexibility index (Phi) is 3.27. The highest BCUT2D eigenvalue weighted by Gasteiger charge is 2.29. The summed E-state index contributed by atoms with van der Waals surface area (Å²) in [5.41, 5.74) is 1.89. The van der Waals surface area contributed by atoms with Crippen molar-refractivity contribution in [2.45, 2.75) is 31.3 Å². The van der Waals surface area contributed by atoms with E-state index in [-0.39, 0.29) is 0 Å². The Morgan fingerprint density at radius 2 is 2.06 bits per heavy atom. The molecule has 18 heavy (non-hydrogen) atoms. The smallest absolute Gasteiger partial charge is 0.0992 e. The van der Waals surface area contributed by atoms with Crippen LogP contribution in [0.3, 0.4) is 0 Å². The molecule has 0 amide bonds. The number of hydrogen-bond acceptors (Lipinski definition) is 3. The lowest BCUT2D eigenvalue weighted by Gasteiger charge is -2.26. The summed E-state index contributed by atoms with van der Waals surface area (Å²) in [6, 6.07) is 9.50. The van der Waals surface area contributed by atoms with Gasteiger partial charge in [-0.25, -0.2) is 0 Å². The highest BCUT2D eigenvalue weighted by atomic mass is 79.9. The molecule has 1 N–H and O–H groups in total. The van der Waals surface area contributed by atoms with Gasteiger partial charge in [-0.05, 0) is 37.5 Å². The number of nitrogens with zero attached hydrogens (tertiary/aromatic N) is 2. The summed E-state index contributed by atoms with van der Waals surface area (Å²) < 4.78 is 0.985. The Labute approximate surface area is 116 Å². The summed E-state index contributed by atoms with van der Waals surface area (Å²) in [5.74, 6) is 0. The molecule has 0 spiro atoms. The third kappa shape index (κ3) is 2.38. The van der Waals surface area contributed by atoms with Gasteiger partial charge in [0.25, 0.3) is 0 Å². The highest BCUT2D eigenvalue weighted by Crippen LogP contribution is 2.27. The van der Waals surface area contributed by atoms with E-state index in [1.54, 1.807) is 0 Å². The van der Waals surface area contributed by atoms with Gasteiger partial charge in [-0.3, -0.25) is 0 Å². The zero-order valence-corrected chi connectivity index (χ0v) is 11.8. The Bertz CT molecular complexity index is 494. The number of nitriles is 1. The maximum atomic E-state index is 9.04. The van der Waals surface area contributed by atoms with Gasteiger partial charge in [0.2, 0.25) is 0 Å².